The van der Waals surface area contributed by atoms with Gasteiger partial charge in [-0.15, -0.1) is 0 Å². The fourth-order valence-electron chi connectivity index (χ4n) is 2.47. The lowest BCUT2D eigenvalue weighted by molar-refractivity contribution is 0.560. The molecule has 2 atom stereocenters. The molecule has 3 nitrogen and oxygen atoms in total. The Morgan fingerprint density at radius 2 is 2.31 bits per heavy atom. The molecule has 2 aliphatic carbocycles. The van der Waals surface area contributed by atoms with Gasteiger partial charge in [0, 0.05) is 29.9 Å². The molecule has 2 saturated carbocycles. The highest BCUT2D eigenvalue weighted by Gasteiger charge is 2.41. The third kappa shape index (κ3) is 2.01. The van der Waals surface area contributed by atoms with Crippen molar-refractivity contribution in [2.75, 3.05) is 6.54 Å². The molecule has 1 aromatic rings. The summed E-state index contributed by atoms with van der Waals surface area (Å²) in [5.41, 5.74) is 1.44. The van der Waals surface area contributed by atoms with Crippen LogP contribution in [-0.4, -0.2) is 22.1 Å². The summed E-state index contributed by atoms with van der Waals surface area (Å²) in [6.07, 6.45) is 8.16. The van der Waals surface area contributed by atoms with Crippen molar-refractivity contribution in [2.24, 2.45) is 5.92 Å². The van der Waals surface area contributed by atoms with Gasteiger partial charge in [-0.2, -0.15) is 0 Å². The van der Waals surface area contributed by atoms with Crippen LogP contribution in [0.15, 0.2) is 12.5 Å². The molecule has 1 aromatic heterocycles. The lowest BCUT2D eigenvalue weighted by Crippen LogP contribution is -2.19. The van der Waals surface area contributed by atoms with Crippen molar-refractivity contribution in [3.8, 4) is 0 Å². The Hall–Kier alpha value is -0.830. The Morgan fingerprint density at radius 3 is 3.00 bits per heavy atom. The molecule has 1 heterocycles. The first-order valence-corrected chi connectivity index (χ1v) is 6.51. The number of nitrogens with zero attached hydrogens (tertiary/aromatic N) is 2. The zero-order valence-electron chi connectivity index (χ0n) is 10.2. The van der Waals surface area contributed by atoms with Crippen molar-refractivity contribution < 1.29 is 0 Å². The van der Waals surface area contributed by atoms with Gasteiger partial charge in [-0.3, -0.25) is 0 Å². The Kier molecular flexibility index (Phi) is 2.51. The molecule has 0 bridgehead atoms. The van der Waals surface area contributed by atoms with Gasteiger partial charge in [0.25, 0.3) is 0 Å². The number of hydrogen-bond donors (Lipinski definition) is 1. The summed E-state index contributed by atoms with van der Waals surface area (Å²) in [7, 11) is 0. The molecule has 0 amide bonds. The molecule has 1 N–H and O–H groups in total. The third-order valence-electron chi connectivity index (χ3n) is 3.80. The van der Waals surface area contributed by atoms with E-state index in [-0.39, 0.29) is 0 Å². The van der Waals surface area contributed by atoms with Gasteiger partial charge in [0.15, 0.2) is 0 Å². The highest BCUT2D eigenvalue weighted by molar-refractivity contribution is 5.17. The highest BCUT2D eigenvalue weighted by Crippen LogP contribution is 2.47. The minimum atomic E-state index is 0.537. The maximum absolute atomic E-state index is 4.29. The molecular weight excluding hydrogens is 198 g/mol. The van der Waals surface area contributed by atoms with Gasteiger partial charge >= 0.3 is 0 Å². The molecule has 0 saturated heterocycles. The van der Waals surface area contributed by atoms with E-state index in [9.17, 15) is 0 Å². The average molecular weight is 219 g/mol. The average Bonchev–Trinajstić information content (AvgIpc) is 3.15. The molecule has 0 spiro atoms. The third-order valence-corrected chi connectivity index (χ3v) is 3.80. The van der Waals surface area contributed by atoms with Crippen molar-refractivity contribution in [3.05, 3.63) is 18.2 Å². The zero-order chi connectivity index (χ0) is 11.1. The maximum atomic E-state index is 4.29. The predicted molar refractivity (Wildman–Crippen MR) is 64.5 cm³/mol. The second kappa shape index (κ2) is 3.88. The first kappa shape index (κ1) is 10.3. The number of aromatic nitrogens is 2. The van der Waals surface area contributed by atoms with Gasteiger partial charge in [-0.1, -0.05) is 0 Å². The summed E-state index contributed by atoms with van der Waals surface area (Å²) in [6.45, 7) is 5.66. The van der Waals surface area contributed by atoms with E-state index >= 15 is 0 Å². The van der Waals surface area contributed by atoms with E-state index in [1.165, 1.54) is 31.5 Å². The van der Waals surface area contributed by atoms with Gasteiger partial charge in [-0.25, -0.2) is 4.98 Å². The normalized spacial score (nSPS) is 28.7. The van der Waals surface area contributed by atoms with E-state index in [0.29, 0.717) is 6.04 Å². The second-order valence-electron chi connectivity index (χ2n) is 5.60. The fourth-order valence-corrected chi connectivity index (χ4v) is 2.47. The van der Waals surface area contributed by atoms with Crippen LogP contribution in [0.2, 0.25) is 0 Å². The molecule has 2 fully saturated rings. The van der Waals surface area contributed by atoms with E-state index < -0.39 is 0 Å². The van der Waals surface area contributed by atoms with Gasteiger partial charge in [0.1, 0.15) is 0 Å². The highest BCUT2D eigenvalue weighted by atomic mass is 15.1. The van der Waals surface area contributed by atoms with Crippen LogP contribution in [0.5, 0.6) is 0 Å². The molecule has 0 aromatic carbocycles. The van der Waals surface area contributed by atoms with E-state index in [2.05, 4.69) is 34.9 Å². The number of hydrogen-bond acceptors (Lipinski definition) is 2. The molecule has 2 aliphatic rings. The lowest BCUT2D eigenvalue weighted by atomic mass is 10.2. The second-order valence-corrected chi connectivity index (χ2v) is 5.60. The minimum Gasteiger partial charge on any atom is -0.332 e. The molecule has 0 radical (unpaired) electrons. The van der Waals surface area contributed by atoms with Crippen LogP contribution in [-0.2, 0) is 0 Å². The first-order chi connectivity index (χ1) is 7.75. The summed E-state index contributed by atoms with van der Waals surface area (Å²) < 4.78 is 2.32. The quantitative estimate of drug-likeness (QED) is 0.823. The van der Waals surface area contributed by atoms with E-state index in [4.69, 9.17) is 0 Å². The number of rotatable bonds is 5. The summed E-state index contributed by atoms with van der Waals surface area (Å²) in [4.78, 5) is 4.29. The van der Waals surface area contributed by atoms with Crippen LogP contribution in [0.4, 0.5) is 0 Å². The summed E-state index contributed by atoms with van der Waals surface area (Å²) in [5, 5.41) is 3.63. The Morgan fingerprint density at radius 1 is 1.50 bits per heavy atom. The largest absolute Gasteiger partial charge is 0.332 e. The maximum Gasteiger partial charge on any atom is 0.0950 e. The SMILES string of the molecule is CC(C)n1cncc1C1CC1CNC1CC1. The monoisotopic (exact) mass is 219 g/mol. The molecule has 3 heteroatoms. The molecule has 0 aliphatic heterocycles. The van der Waals surface area contributed by atoms with Gasteiger partial charge < -0.3 is 9.88 Å². The Labute approximate surface area is 97.3 Å². The van der Waals surface area contributed by atoms with Crippen LogP contribution in [0.1, 0.15) is 50.8 Å². The van der Waals surface area contributed by atoms with Gasteiger partial charge in [-0.05, 0) is 45.6 Å². The van der Waals surface area contributed by atoms with Crippen LogP contribution in [0.3, 0.4) is 0 Å². The minimum absolute atomic E-state index is 0.537. The van der Waals surface area contributed by atoms with Crippen LogP contribution >= 0.6 is 0 Å². The van der Waals surface area contributed by atoms with E-state index in [1.54, 1.807) is 0 Å². The summed E-state index contributed by atoms with van der Waals surface area (Å²) in [6, 6.07) is 1.38. The number of imidazole rings is 1. The summed E-state index contributed by atoms with van der Waals surface area (Å²) >= 11 is 0. The van der Waals surface area contributed by atoms with Crippen molar-refractivity contribution in [3.63, 3.8) is 0 Å². The summed E-state index contributed by atoms with van der Waals surface area (Å²) in [5.74, 6) is 1.62. The standard InChI is InChI=1S/C13H21N3/c1-9(2)16-8-14-7-13(16)12-5-10(12)6-15-11-3-4-11/h7-12,15H,3-6H2,1-2H3. The molecule has 16 heavy (non-hydrogen) atoms. The van der Waals surface area contributed by atoms with Crippen molar-refractivity contribution >= 4 is 0 Å². The van der Waals surface area contributed by atoms with Crippen LogP contribution in [0.25, 0.3) is 0 Å². The molecule has 3 rings (SSSR count). The van der Waals surface area contributed by atoms with Crippen LogP contribution in [0, 0.1) is 5.92 Å². The molecular formula is C13H21N3. The van der Waals surface area contributed by atoms with E-state index in [0.717, 1.165) is 17.9 Å². The van der Waals surface area contributed by atoms with Crippen molar-refractivity contribution in [1.82, 2.24) is 14.9 Å². The van der Waals surface area contributed by atoms with Crippen molar-refractivity contribution in [1.29, 1.82) is 0 Å². The fraction of sp³-hybridized carbons (Fsp3) is 0.769. The van der Waals surface area contributed by atoms with Crippen molar-refractivity contribution in [2.45, 2.75) is 51.1 Å². The topological polar surface area (TPSA) is 29.9 Å². The Balaban J connectivity index is 1.59. The first-order valence-electron chi connectivity index (χ1n) is 6.51. The Bertz CT molecular complexity index is 365. The van der Waals surface area contributed by atoms with E-state index in [1.807, 2.05) is 6.33 Å². The van der Waals surface area contributed by atoms with Gasteiger partial charge in [0.05, 0.1) is 6.33 Å². The number of nitrogens with one attached hydrogen (secondary N) is 1. The smallest absolute Gasteiger partial charge is 0.0950 e. The zero-order valence-corrected chi connectivity index (χ0v) is 10.2. The molecule has 88 valence electrons. The van der Waals surface area contributed by atoms with Crippen LogP contribution < -0.4 is 5.32 Å². The molecule has 2 unspecified atom stereocenters. The predicted octanol–water partition coefficient (Wildman–Crippen LogP) is 2.32. The van der Waals surface area contributed by atoms with Gasteiger partial charge in [0.2, 0.25) is 0 Å². The lowest BCUT2D eigenvalue weighted by Gasteiger charge is -2.11.